The van der Waals surface area contributed by atoms with E-state index < -0.39 is 5.60 Å². The van der Waals surface area contributed by atoms with E-state index in [9.17, 15) is 19.5 Å². The maximum Gasteiger partial charge on any atom is 0.255 e. The van der Waals surface area contributed by atoms with Crippen LogP contribution in [0.3, 0.4) is 0 Å². The van der Waals surface area contributed by atoms with Gasteiger partial charge in [-0.25, -0.2) is 0 Å². The highest BCUT2D eigenvalue weighted by atomic mass is 16.3. The molecule has 2 aliphatic rings. The molecule has 0 spiro atoms. The summed E-state index contributed by atoms with van der Waals surface area (Å²) >= 11 is 0. The summed E-state index contributed by atoms with van der Waals surface area (Å²) in [7, 11) is 0. The van der Waals surface area contributed by atoms with E-state index >= 15 is 0 Å². The fraction of sp³-hybridized carbons (Fsp3) is 0.387. The molecule has 2 amide bonds. The van der Waals surface area contributed by atoms with E-state index in [2.05, 4.69) is 0 Å². The summed E-state index contributed by atoms with van der Waals surface area (Å²) < 4.78 is 1.47. The van der Waals surface area contributed by atoms with Gasteiger partial charge in [0.25, 0.3) is 11.5 Å². The Kier molecular flexibility index (Phi) is 7.74. The Morgan fingerprint density at radius 2 is 1.47 bits per heavy atom. The van der Waals surface area contributed by atoms with Crippen molar-refractivity contribution in [3.8, 4) is 11.1 Å². The third kappa shape index (κ3) is 5.89. The summed E-state index contributed by atoms with van der Waals surface area (Å²) in [4.78, 5) is 43.0. The van der Waals surface area contributed by atoms with Crippen LogP contribution < -0.4 is 5.56 Å². The molecule has 1 N–H and O–H groups in total. The van der Waals surface area contributed by atoms with Gasteiger partial charge in [0.05, 0.1) is 17.7 Å². The molecular formula is C31H35N3O4. The average Bonchev–Trinajstić information content (AvgIpc) is 3.49. The van der Waals surface area contributed by atoms with E-state index in [-0.39, 0.29) is 23.9 Å². The molecule has 2 aliphatic heterocycles. The number of aromatic nitrogens is 1. The number of aryl methyl sites for hydroxylation is 1. The highest BCUT2D eigenvalue weighted by molar-refractivity contribution is 6.00. The summed E-state index contributed by atoms with van der Waals surface area (Å²) in [5, 5.41) is 11.4. The summed E-state index contributed by atoms with van der Waals surface area (Å²) in [6.07, 6.45) is 5.47. The molecular weight excluding hydrogens is 478 g/mol. The van der Waals surface area contributed by atoms with E-state index in [1.807, 2.05) is 65.6 Å². The quantitative estimate of drug-likeness (QED) is 0.522. The smallest absolute Gasteiger partial charge is 0.255 e. The number of hydrogen-bond acceptors (Lipinski definition) is 4. The molecule has 7 heteroatoms. The first kappa shape index (κ1) is 25.9. The maximum atomic E-state index is 13.5. The second kappa shape index (κ2) is 11.4. The van der Waals surface area contributed by atoms with Crippen LogP contribution in [-0.4, -0.2) is 63.1 Å². The highest BCUT2D eigenvalue weighted by Gasteiger charge is 2.35. The van der Waals surface area contributed by atoms with E-state index in [0.717, 1.165) is 24.0 Å². The Labute approximate surface area is 223 Å². The normalized spacial score (nSPS) is 17.0. The first-order valence-corrected chi connectivity index (χ1v) is 13.6. The van der Waals surface area contributed by atoms with E-state index in [1.165, 1.54) is 10.6 Å². The van der Waals surface area contributed by atoms with Crippen molar-refractivity contribution in [2.24, 2.45) is 0 Å². The number of hydrogen-bond donors (Lipinski definition) is 1. The van der Waals surface area contributed by atoms with Crippen LogP contribution in [0.15, 0.2) is 77.7 Å². The molecule has 2 fully saturated rings. The molecule has 38 heavy (non-hydrogen) atoms. The predicted octanol–water partition coefficient (Wildman–Crippen LogP) is 3.74. The molecule has 0 atom stereocenters. The van der Waals surface area contributed by atoms with Gasteiger partial charge in [0.15, 0.2) is 0 Å². The largest absolute Gasteiger partial charge is 0.388 e. The lowest BCUT2D eigenvalue weighted by Gasteiger charge is -2.38. The molecule has 0 radical (unpaired) electrons. The predicted molar refractivity (Wildman–Crippen MR) is 147 cm³/mol. The number of benzene rings is 2. The van der Waals surface area contributed by atoms with Crippen molar-refractivity contribution >= 4 is 11.8 Å². The number of aliphatic hydroxyl groups is 1. The maximum absolute atomic E-state index is 13.5. The van der Waals surface area contributed by atoms with Gasteiger partial charge in [-0.2, -0.15) is 0 Å². The number of amides is 2. The molecule has 5 rings (SSSR count). The number of piperidine rings is 1. The van der Waals surface area contributed by atoms with Gasteiger partial charge >= 0.3 is 0 Å². The number of carbonyl (C=O) groups is 2. The van der Waals surface area contributed by atoms with Gasteiger partial charge in [-0.05, 0) is 43.2 Å². The standard InChI is InChI=1S/C31H35N3O4/c35-28(14-13-24-9-3-1-4-10-24)32-19-15-31(38,16-20-32)23-34-22-27(30(37)33-17-7-8-18-33)26(21-29(34)36)25-11-5-2-6-12-25/h1-6,9-12,21-22,38H,7-8,13-20,23H2. The van der Waals surface area contributed by atoms with Crippen molar-refractivity contribution in [3.63, 3.8) is 0 Å². The monoisotopic (exact) mass is 513 g/mol. The minimum absolute atomic E-state index is 0.0822. The summed E-state index contributed by atoms with van der Waals surface area (Å²) in [5.74, 6) is -0.000273. The molecule has 0 saturated carbocycles. The SMILES string of the molecule is O=C(CCc1ccccc1)N1CCC(O)(Cn2cc(C(=O)N3CCCC3)c(-c3ccccc3)cc2=O)CC1. The van der Waals surface area contributed by atoms with Gasteiger partial charge in [-0.3, -0.25) is 14.4 Å². The van der Waals surface area contributed by atoms with Crippen molar-refractivity contribution in [2.45, 2.75) is 50.7 Å². The minimum Gasteiger partial charge on any atom is -0.388 e. The molecule has 0 unspecified atom stereocenters. The van der Waals surface area contributed by atoms with Crippen LogP contribution in [0.1, 0.15) is 48.0 Å². The van der Waals surface area contributed by atoms with Crippen LogP contribution in [0.4, 0.5) is 0 Å². The fourth-order valence-electron chi connectivity index (χ4n) is 5.52. The molecule has 198 valence electrons. The first-order valence-electron chi connectivity index (χ1n) is 13.6. The molecule has 7 nitrogen and oxygen atoms in total. The molecule has 2 aromatic carbocycles. The summed E-state index contributed by atoms with van der Waals surface area (Å²) in [6.45, 7) is 2.41. The Hall–Kier alpha value is -3.71. The lowest BCUT2D eigenvalue weighted by molar-refractivity contribution is -0.135. The van der Waals surface area contributed by atoms with Crippen LogP contribution in [0.2, 0.25) is 0 Å². The number of rotatable bonds is 7. The van der Waals surface area contributed by atoms with Gasteiger partial charge in [0, 0.05) is 50.4 Å². The molecule has 3 heterocycles. The zero-order valence-electron chi connectivity index (χ0n) is 21.7. The Bertz CT molecular complexity index is 1320. The Morgan fingerprint density at radius 3 is 2.13 bits per heavy atom. The third-order valence-electron chi connectivity index (χ3n) is 7.82. The van der Waals surface area contributed by atoms with Crippen LogP contribution >= 0.6 is 0 Å². The highest BCUT2D eigenvalue weighted by Crippen LogP contribution is 2.28. The molecule has 2 saturated heterocycles. The zero-order chi connectivity index (χ0) is 26.5. The number of carbonyl (C=O) groups excluding carboxylic acids is 2. The second-order valence-corrected chi connectivity index (χ2v) is 10.5. The first-order chi connectivity index (χ1) is 18.4. The second-order valence-electron chi connectivity index (χ2n) is 10.5. The van der Waals surface area contributed by atoms with Crippen LogP contribution in [0.5, 0.6) is 0 Å². The lowest BCUT2D eigenvalue weighted by Crippen LogP contribution is -2.49. The van der Waals surface area contributed by atoms with E-state index in [0.29, 0.717) is 63.0 Å². The van der Waals surface area contributed by atoms with Crippen molar-refractivity contribution in [2.75, 3.05) is 26.2 Å². The summed E-state index contributed by atoms with van der Waals surface area (Å²) in [5.41, 5.74) is 1.68. The van der Waals surface area contributed by atoms with Crippen molar-refractivity contribution in [1.29, 1.82) is 0 Å². The number of pyridine rings is 1. The van der Waals surface area contributed by atoms with E-state index in [4.69, 9.17) is 0 Å². The lowest BCUT2D eigenvalue weighted by atomic mass is 9.90. The van der Waals surface area contributed by atoms with Crippen molar-refractivity contribution in [3.05, 3.63) is 94.4 Å². The molecule has 3 aromatic rings. The Morgan fingerprint density at radius 1 is 0.842 bits per heavy atom. The van der Waals surface area contributed by atoms with Crippen molar-refractivity contribution in [1.82, 2.24) is 14.4 Å². The minimum atomic E-state index is -1.12. The third-order valence-corrected chi connectivity index (χ3v) is 7.82. The van der Waals surface area contributed by atoms with Crippen LogP contribution in [0.25, 0.3) is 11.1 Å². The molecule has 0 bridgehead atoms. The topological polar surface area (TPSA) is 82.8 Å². The van der Waals surface area contributed by atoms with Gasteiger partial charge in [-0.15, -0.1) is 0 Å². The van der Waals surface area contributed by atoms with Gasteiger partial charge < -0.3 is 19.5 Å². The van der Waals surface area contributed by atoms with Crippen LogP contribution in [0, 0.1) is 0 Å². The number of nitrogens with zero attached hydrogens (tertiary/aromatic N) is 3. The van der Waals surface area contributed by atoms with Crippen molar-refractivity contribution < 1.29 is 14.7 Å². The van der Waals surface area contributed by atoms with Gasteiger partial charge in [-0.1, -0.05) is 60.7 Å². The van der Waals surface area contributed by atoms with Gasteiger partial charge in [0.2, 0.25) is 5.91 Å². The zero-order valence-corrected chi connectivity index (χ0v) is 21.7. The van der Waals surface area contributed by atoms with E-state index in [1.54, 1.807) is 11.1 Å². The molecule has 1 aromatic heterocycles. The van der Waals surface area contributed by atoms with Crippen LogP contribution in [-0.2, 0) is 17.8 Å². The number of likely N-dealkylation sites (tertiary alicyclic amines) is 2. The summed E-state index contributed by atoms with van der Waals surface area (Å²) in [6, 6.07) is 20.9. The van der Waals surface area contributed by atoms with Gasteiger partial charge in [0.1, 0.15) is 0 Å². The fourth-order valence-corrected chi connectivity index (χ4v) is 5.52. The Balaban J connectivity index is 1.30. The average molecular weight is 514 g/mol. The molecule has 0 aliphatic carbocycles.